The first-order chi connectivity index (χ1) is 14.6. The van der Waals surface area contributed by atoms with E-state index in [-0.39, 0.29) is 11.9 Å². The molecule has 0 saturated carbocycles. The first-order valence-corrected chi connectivity index (χ1v) is 10.9. The van der Waals surface area contributed by atoms with Crippen LogP contribution in [0.5, 0.6) is 0 Å². The molecule has 4 heterocycles. The summed E-state index contributed by atoms with van der Waals surface area (Å²) < 4.78 is 6.10. The number of benzene rings is 1. The standard InChI is InChI=1S/C20H20N6O3S/c1-24-16(23-29-20(24)28)12-5-3-6-13(9-12)26-11-14-7-4-8-25(14)17-15(18(26)27)10-21-19(22-17)30-2/h3,5-6,9-10,14H,4,7-8,11H2,1-2H3. The molecule has 154 valence electrons. The molecule has 1 saturated heterocycles. The Kier molecular flexibility index (Phi) is 4.58. The number of fused-ring (bicyclic) bond motifs is 3. The fourth-order valence-electron chi connectivity index (χ4n) is 4.14. The Balaban J connectivity index is 1.59. The average Bonchev–Trinajstić information content (AvgIpc) is 3.35. The lowest BCUT2D eigenvalue weighted by Gasteiger charge is -2.27. The third kappa shape index (κ3) is 2.98. The number of anilines is 2. The van der Waals surface area contributed by atoms with Crippen LogP contribution in [-0.4, -0.2) is 51.0 Å². The van der Waals surface area contributed by atoms with Gasteiger partial charge >= 0.3 is 5.76 Å². The predicted octanol–water partition coefficient (Wildman–Crippen LogP) is 2.18. The van der Waals surface area contributed by atoms with Gasteiger partial charge in [-0.3, -0.25) is 13.9 Å². The Morgan fingerprint density at radius 1 is 1.27 bits per heavy atom. The third-order valence-corrected chi connectivity index (χ3v) is 6.23. The number of thioether (sulfide) groups is 1. The molecule has 0 N–H and O–H groups in total. The van der Waals surface area contributed by atoms with E-state index in [0.717, 1.165) is 30.9 Å². The maximum absolute atomic E-state index is 13.5. The van der Waals surface area contributed by atoms with Gasteiger partial charge in [0.1, 0.15) is 11.4 Å². The van der Waals surface area contributed by atoms with E-state index in [4.69, 9.17) is 4.52 Å². The van der Waals surface area contributed by atoms with Crippen molar-refractivity contribution in [3.63, 3.8) is 0 Å². The molecule has 10 heteroatoms. The number of hydrogen-bond acceptors (Lipinski definition) is 8. The zero-order chi connectivity index (χ0) is 20.8. The molecule has 3 aromatic rings. The molecule has 2 aliphatic heterocycles. The molecule has 30 heavy (non-hydrogen) atoms. The lowest BCUT2D eigenvalue weighted by molar-refractivity contribution is 0.0988. The summed E-state index contributed by atoms with van der Waals surface area (Å²) in [5.74, 6) is 0.483. The summed E-state index contributed by atoms with van der Waals surface area (Å²) in [6.45, 7) is 1.44. The van der Waals surface area contributed by atoms with Gasteiger partial charge in [-0.15, -0.1) is 0 Å². The summed E-state index contributed by atoms with van der Waals surface area (Å²) in [6.07, 6.45) is 5.62. The van der Waals surface area contributed by atoms with Gasteiger partial charge in [0.2, 0.25) is 0 Å². The van der Waals surface area contributed by atoms with E-state index < -0.39 is 5.76 Å². The van der Waals surface area contributed by atoms with E-state index in [1.165, 1.54) is 16.3 Å². The summed E-state index contributed by atoms with van der Waals surface area (Å²) >= 11 is 1.47. The molecule has 0 bridgehead atoms. The van der Waals surface area contributed by atoms with Crippen LogP contribution in [0, 0.1) is 0 Å². The Labute approximate surface area is 176 Å². The molecule has 0 radical (unpaired) electrons. The number of hydrogen-bond donors (Lipinski definition) is 0. The molecule has 5 rings (SSSR count). The smallest absolute Gasteiger partial charge is 0.351 e. The van der Waals surface area contributed by atoms with Gasteiger partial charge in [-0.1, -0.05) is 29.1 Å². The van der Waals surface area contributed by atoms with Crippen molar-refractivity contribution >= 4 is 29.2 Å². The second kappa shape index (κ2) is 7.28. The topological polar surface area (TPSA) is 97.4 Å². The van der Waals surface area contributed by atoms with Crippen LogP contribution in [-0.2, 0) is 7.05 Å². The lowest BCUT2D eigenvalue weighted by atomic mass is 10.1. The van der Waals surface area contributed by atoms with Crippen molar-refractivity contribution in [3.05, 3.63) is 46.6 Å². The predicted molar refractivity (Wildman–Crippen MR) is 113 cm³/mol. The number of aromatic nitrogens is 4. The first kappa shape index (κ1) is 18.9. The number of amides is 1. The van der Waals surface area contributed by atoms with E-state index in [1.807, 2.05) is 30.5 Å². The third-order valence-electron chi connectivity index (χ3n) is 5.66. The van der Waals surface area contributed by atoms with Gasteiger partial charge in [-0.2, -0.15) is 0 Å². The van der Waals surface area contributed by atoms with Crippen molar-refractivity contribution in [1.29, 1.82) is 0 Å². The summed E-state index contributed by atoms with van der Waals surface area (Å²) in [6, 6.07) is 7.63. The minimum atomic E-state index is -0.529. The van der Waals surface area contributed by atoms with Crippen LogP contribution >= 0.6 is 11.8 Å². The van der Waals surface area contributed by atoms with Crippen molar-refractivity contribution in [2.75, 3.05) is 29.1 Å². The molecule has 2 aliphatic rings. The zero-order valence-electron chi connectivity index (χ0n) is 16.6. The molecule has 0 spiro atoms. The van der Waals surface area contributed by atoms with Gasteiger partial charge in [0.25, 0.3) is 5.91 Å². The lowest BCUT2D eigenvalue weighted by Crippen LogP contribution is -2.39. The molecule has 2 aromatic heterocycles. The molecule has 1 aromatic carbocycles. The quantitative estimate of drug-likeness (QED) is 0.466. The van der Waals surface area contributed by atoms with E-state index in [1.54, 1.807) is 18.1 Å². The molecule has 1 unspecified atom stereocenters. The van der Waals surface area contributed by atoms with Crippen LogP contribution in [0.2, 0.25) is 0 Å². The number of nitrogens with zero attached hydrogens (tertiary/aromatic N) is 6. The molecular formula is C20H20N6O3S. The highest BCUT2D eigenvalue weighted by molar-refractivity contribution is 7.98. The van der Waals surface area contributed by atoms with Crippen molar-refractivity contribution in [1.82, 2.24) is 19.7 Å². The average molecular weight is 424 g/mol. The molecule has 9 nitrogen and oxygen atoms in total. The van der Waals surface area contributed by atoms with Crippen LogP contribution < -0.4 is 15.6 Å². The Hall–Kier alpha value is -3.14. The van der Waals surface area contributed by atoms with Crippen LogP contribution in [0.15, 0.2) is 44.9 Å². The Bertz CT molecular complexity index is 1190. The SMILES string of the molecule is CSc1ncc2c(n1)N1CCCC1CN(c1cccc(-c3noc(=O)n3C)c1)C2=O. The van der Waals surface area contributed by atoms with E-state index in [9.17, 15) is 9.59 Å². The maximum atomic E-state index is 13.5. The largest absolute Gasteiger partial charge is 0.441 e. The van der Waals surface area contributed by atoms with Crippen LogP contribution in [0.4, 0.5) is 11.5 Å². The maximum Gasteiger partial charge on any atom is 0.441 e. The normalized spacial score (nSPS) is 18.3. The second-order valence-electron chi connectivity index (χ2n) is 7.38. The first-order valence-electron chi connectivity index (χ1n) is 9.69. The van der Waals surface area contributed by atoms with Gasteiger partial charge in [0, 0.05) is 43.6 Å². The molecular weight excluding hydrogens is 404 g/mol. The number of carbonyl (C=O) groups is 1. The second-order valence-corrected chi connectivity index (χ2v) is 8.15. The van der Waals surface area contributed by atoms with Gasteiger partial charge in [0.05, 0.1) is 0 Å². The fraction of sp³-hybridized carbons (Fsp3) is 0.350. The molecule has 1 atom stereocenters. The Morgan fingerprint density at radius 2 is 2.13 bits per heavy atom. The van der Waals surface area contributed by atoms with Crippen LogP contribution in [0.25, 0.3) is 11.4 Å². The summed E-state index contributed by atoms with van der Waals surface area (Å²) in [7, 11) is 1.60. The summed E-state index contributed by atoms with van der Waals surface area (Å²) in [4.78, 5) is 38.2. The molecule has 1 fully saturated rings. The number of rotatable bonds is 3. The van der Waals surface area contributed by atoms with Crippen molar-refractivity contribution in [2.24, 2.45) is 7.05 Å². The highest BCUT2D eigenvalue weighted by Gasteiger charge is 2.37. The van der Waals surface area contributed by atoms with E-state index in [2.05, 4.69) is 20.0 Å². The Morgan fingerprint density at radius 3 is 2.90 bits per heavy atom. The highest BCUT2D eigenvalue weighted by Crippen LogP contribution is 2.35. The van der Waals surface area contributed by atoms with E-state index >= 15 is 0 Å². The van der Waals surface area contributed by atoms with Gasteiger partial charge < -0.3 is 9.80 Å². The number of carbonyl (C=O) groups excluding carboxylic acids is 1. The van der Waals surface area contributed by atoms with Crippen molar-refractivity contribution in [2.45, 2.75) is 24.0 Å². The molecule has 0 aliphatic carbocycles. The van der Waals surface area contributed by atoms with Crippen LogP contribution in [0.1, 0.15) is 23.2 Å². The molecule has 1 amide bonds. The van der Waals surface area contributed by atoms with Gasteiger partial charge in [0.15, 0.2) is 11.0 Å². The summed E-state index contributed by atoms with van der Waals surface area (Å²) in [5.41, 5.74) is 1.95. The van der Waals surface area contributed by atoms with Crippen molar-refractivity contribution < 1.29 is 9.32 Å². The minimum absolute atomic E-state index is 0.127. The van der Waals surface area contributed by atoms with E-state index in [0.29, 0.717) is 28.7 Å². The minimum Gasteiger partial charge on any atom is -0.351 e. The van der Waals surface area contributed by atoms with Gasteiger partial charge in [-0.25, -0.2) is 14.8 Å². The monoisotopic (exact) mass is 424 g/mol. The highest BCUT2D eigenvalue weighted by atomic mass is 32.2. The van der Waals surface area contributed by atoms with Gasteiger partial charge in [-0.05, 0) is 31.2 Å². The van der Waals surface area contributed by atoms with Crippen LogP contribution in [0.3, 0.4) is 0 Å². The fourth-order valence-corrected chi connectivity index (χ4v) is 4.48. The summed E-state index contributed by atoms with van der Waals surface area (Å²) in [5, 5.41) is 4.52. The zero-order valence-corrected chi connectivity index (χ0v) is 17.4. The van der Waals surface area contributed by atoms with Crippen molar-refractivity contribution in [3.8, 4) is 11.4 Å².